The monoisotopic (exact) mass is 279 g/mol. The number of ether oxygens (including phenoxy) is 2. The molecule has 1 aromatic rings. The van der Waals surface area contributed by atoms with E-state index in [1.807, 2.05) is 39.8 Å². The smallest absolute Gasteiger partial charge is 0.251 e. The Morgan fingerprint density at radius 2 is 1.75 bits per heavy atom. The first-order chi connectivity index (χ1) is 9.49. The van der Waals surface area contributed by atoms with Crippen LogP contribution in [-0.2, 0) is 4.74 Å². The number of carbonyl (C=O) groups is 1. The van der Waals surface area contributed by atoms with Crippen LogP contribution < -0.4 is 10.1 Å². The van der Waals surface area contributed by atoms with Gasteiger partial charge in [-0.1, -0.05) is 0 Å². The van der Waals surface area contributed by atoms with Crippen LogP contribution in [0.15, 0.2) is 24.3 Å². The minimum absolute atomic E-state index is 0.0642. The summed E-state index contributed by atoms with van der Waals surface area (Å²) in [6.45, 7) is 9.23. The zero-order chi connectivity index (χ0) is 15.0. The maximum absolute atomic E-state index is 11.9. The van der Waals surface area contributed by atoms with E-state index in [0.29, 0.717) is 18.7 Å². The fraction of sp³-hybridized carbons (Fsp3) is 0.562. The number of carbonyl (C=O) groups excluding carboxylic acids is 1. The van der Waals surface area contributed by atoms with Crippen molar-refractivity contribution < 1.29 is 14.3 Å². The fourth-order valence-electron chi connectivity index (χ4n) is 1.65. The predicted molar refractivity (Wildman–Crippen MR) is 80.2 cm³/mol. The molecule has 1 aromatic carbocycles. The van der Waals surface area contributed by atoms with Crippen molar-refractivity contribution in [3.05, 3.63) is 29.8 Å². The van der Waals surface area contributed by atoms with Gasteiger partial charge >= 0.3 is 0 Å². The predicted octanol–water partition coefficient (Wildman–Crippen LogP) is 3.02. The number of benzene rings is 1. The average molecular weight is 279 g/mol. The normalized spacial score (nSPS) is 10.9. The summed E-state index contributed by atoms with van der Waals surface area (Å²) in [4.78, 5) is 11.9. The summed E-state index contributed by atoms with van der Waals surface area (Å²) in [7, 11) is 0. The van der Waals surface area contributed by atoms with Crippen LogP contribution in [-0.4, -0.2) is 31.3 Å². The second-order valence-electron chi connectivity index (χ2n) is 5.22. The molecule has 0 spiro atoms. The molecule has 4 nitrogen and oxygen atoms in total. The number of rotatable bonds is 8. The van der Waals surface area contributed by atoms with Crippen LogP contribution in [0.2, 0.25) is 0 Å². The van der Waals surface area contributed by atoms with Crippen LogP contribution in [0, 0.1) is 0 Å². The summed E-state index contributed by atoms with van der Waals surface area (Å²) in [5.41, 5.74) is 0.644. The Kier molecular flexibility index (Phi) is 7.09. The highest BCUT2D eigenvalue weighted by molar-refractivity contribution is 5.94. The Hall–Kier alpha value is -1.55. The zero-order valence-electron chi connectivity index (χ0n) is 12.8. The molecule has 112 valence electrons. The van der Waals surface area contributed by atoms with Crippen molar-refractivity contribution >= 4 is 5.91 Å². The first-order valence-corrected chi connectivity index (χ1v) is 7.15. The summed E-state index contributed by atoms with van der Waals surface area (Å²) in [6.07, 6.45) is 1.19. The van der Waals surface area contributed by atoms with Crippen LogP contribution >= 0.6 is 0 Å². The van der Waals surface area contributed by atoms with E-state index in [9.17, 15) is 4.79 Å². The minimum atomic E-state index is -0.0642. The molecule has 0 heterocycles. The molecule has 0 radical (unpaired) electrons. The highest BCUT2D eigenvalue weighted by Gasteiger charge is 2.05. The Labute approximate surface area is 121 Å². The lowest BCUT2D eigenvalue weighted by molar-refractivity contribution is 0.0757. The van der Waals surface area contributed by atoms with E-state index < -0.39 is 0 Å². The molecule has 0 saturated heterocycles. The Morgan fingerprint density at radius 1 is 1.10 bits per heavy atom. The summed E-state index contributed by atoms with van der Waals surface area (Å²) >= 11 is 0. The summed E-state index contributed by atoms with van der Waals surface area (Å²) in [5.74, 6) is 0.715. The van der Waals surface area contributed by atoms with Gasteiger partial charge in [-0.2, -0.15) is 0 Å². The van der Waals surface area contributed by atoms with Gasteiger partial charge in [0, 0.05) is 18.7 Å². The molecule has 1 rings (SSSR count). The van der Waals surface area contributed by atoms with Gasteiger partial charge in [-0.3, -0.25) is 4.79 Å². The lowest BCUT2D eigenvalue weighted by atomic mass is 10.2. The summed E-state index contributed by atoms with van der Waals surface area (Å²) in [5, 5.41) is 2.87. The second kappa shape index (κ2) is 8.59. The molecule has 0 aliphatic carbocycles. The number of amides is 1. The SMILES string of the molecule is CC(C)OCCCNC(=O)c1ccc(OC(C)C)cc1. The molecule has 0 atom stereocenters. The topological polar surface area (TPSA) is 47.6 Å². The van der Waals surface area contributed by atoms with E-state index in [2.05, 4.69) is 5.32 Å². The van der Waals surface area contributed by atoms with Crippen molar-refractivity contribution in [3.63, 3.8) is 0 Å². The molecule has 20 heavy (non-hydrogen) atoms. The summed E-state index contributed by atoms with van der Waals surface area (Å²) in [6, 6.07) is 7.18. The molecule has 0 unspecified atom stereocenters. The van der Waals surface area contributed by atoms with Gasteiger partial charge in [0.1, 0.15) is 5.75 Å². The van der Waals surface area contributed by atoms with Crippen molar-refractivity contribution in [3.8, 4) is 5.75 Å². The van der Waals surface area contributed by atoms with Crippen LogP contribution in [0.4, 0.5) is 0 Å². The van der Waals surface area contributed by atoms with Crippen LogP contribution in [0.3, 0.4) is 0 Å². The van der Waals surface area contributed by atoms with Gasteiger partial charge in [-0.05, 0) is 58.4 Å². The Morgan fingerprint density at radius 3 is 2.30 bits per heavy atom. The fourth-order valence-corrected chi connectivity index (χ4v) is 1.65. The molecule has 0 aliphatic rings. The highest BCUT2D eigenvalue weighted by atomic mass is 16.5. The molecule has 1 amide bonds. The molecular weight excluding hydrogens is 254 g/mol. The van der Waals surface area contributed by atoms with E-state index in [-0.39, 0.29) is 18.1 Å². The molecule has 0 bridgehead atoms. The van der Waals surface area contributed by atoms with E-state index >= 15 is 0 Å². The lowest BCUT2D eigenvalue weighted by Crippen LogP contribution is -2.25. The molecule has 0 fully saturated rings. The third kappa shape index (κ3) is 6.57. The van der Waals surface area contributed by atoms with Crippen molar-refractivity contribution in [1.29, 1.82) is 0 Å². The second-order valence-corrected chi connectivity index (χ2v) is 5.22. The van der Waals surface area contributed by atoms with Gasteiger partial charge in [0.25, 0.3) is 5.91 Å². The van der Waals surface area contributed by atoms with Crippen LogP contribution in [0.5, 0.6) is 5.75 Å². The van der Waals surface area contributed by atoms with E-state index in [4.69, 9.17) is 9.47 Å². The third-order valence-electron chi connectivity index (χ3n) is 2.55. The molecule has 4 heteroatoms. The van der Waals surface area contributed by atoms with Gasteiger partial charge in [-0.15, -0.1) is 0 Å². The van der Waals surface area contributed by atoms with Crippen molar-refractivity contribution in [2.75, 3.05) is 13.2 Å². The van der Waals surface area contributed by atoms with Crippen molar-refractivity contribution in [1.82, 2.24) is 5.32 Å². The third-order valence-corrected chi connectivity index (χ3v) is 2.55. The first kappa shape index (κ1) is 16.5. The standard InChI is InChI=1S/C16H25NO3/c1-12(2)19-11-5-10-17-16(18)14-6-8-15(9-7-14)20-13(3)4/h6-9,12-13H,5,10-11H2,1-4H3,(H,17,18). The number of nitrogens with one attached hydrogen (secondary N) is 1. The van der Waals surface area contributed by atoms with Gasteiger partial charge in [0.05, 0.1) is 12.2 Å². The molecule has 1 N–H and O–H groups in total. The van der Waals surface area contributed by atoms with Gasteiger partial charge in [-0.25, -0.2) is 0 Å². The molecular formula is C16H25NO3. The number of hydrogen-bond donors (Lipinski definition) is 1. The zero-order valence-corrected chi connectivity index (χ0v) is 12.8. The average Bonchev–Trinajstić information content (AvgIpc) is 2.38. The van der Waals surface area contributed by atoms with Crippen molar-refractivity contribution in [2.45, 2.75) is 46.3 Å². The molecule has 0 saturated carbocycles. The van der Waals surface area contributed by atoms with E-state index in [1.165, 1.54) is 0 Å². The van der Waals surface area contributed by atoms with Crippen LogP contribution in [0.1, 0.15) is 44.5 Å². The maximum Gasteiger partial charge on any atom is 0.251 e. The van der Waals surface area contributed by atoms with E-state index in [1.54, 1.807) is 12.1 Å². The largest absolute Gasteiger partial charge is 0.491 e. The lowest BCUT2D eigenvalue weighted by Gasteiger charge is -2.10. The first-order valence-electron chi connectivity index (χ1n) is 7.15. The highest BCUT2D eigenvalue weighted by Crippen LogP contribution is 2.13. The minimum Gasteiger partial charge on any atom is -0.491 e. The molecule has 0 aromatic heterocycles. The van der Waals surface area contributed by atoms with E-state index in [0.717, 1.165) is 12.2 Å². The van der Waals surface area contributed by atoms with Crippen molar-refractivity contribution in [2.24, 2.45) is 0 Å². The quantitative estimate of drug-likeness (QED) is 0.744. The maximum atomic E-state index is 11.9. The summed E-state index contributed by atoms with van der Waals surface area (Å²) < 4.78 is 11.0. The Bertz CT molecular complexity index is 399. The number of hydrogen-bond acceptors (Lipinski definition) is 3. The van der Waals surface area contributed by atoms with Gasteiger partial charge < -0.3 is 14.8 Å². The van der Waals surface area contributed by atoms with Gasteiger partial charge in [0.15, 0.2) is 0 Å². The van der Waals surface area contributed by atoms with Gasteiger partial charge in [0.2, 0.25) is 0 Å². The molecule has 0 aliphatic heterocycles. The van der Waals surface area contributed by atoms with Crippen LogP contribution in [0.25, 0.3) is 0 Å². The Balaban J connectivity index is 2.32.